The van der Waals surface area contributed by atoms with E-state index in [9.17, 15) is 18.4 Å². The van der Waals surface area contributed by atoms with Crippen LogP contribution in [0.25, 0.3) is 0 Å². The van der Waals surface area contributed by atoms with Crippen LogP contribution in [0.1, 0.15) is 23.2 Å². The number of anilines is 4. The summed E-state index contributed by atoms with van der Waals surface area (Å²) in [6.07, 6.45) is 5.81. The van der Waals surface area contributed by atoms with Crippen molar-refractivity contribution in [1.82, 2.24) is 15.4 Å². The highest BCUT2D eigenvalue weighted by atomic mass is 32.2. The van der Waals surface area contributed by atoms with Gasteiger partial charge in [-0.05, 0) is 18.9 Å². The average Bonchev–Trinajstić information content (AvgIpc) is 3.53. The molecule has 3 N–H and O–H groups in total. The number of carbonyl (C=O) groups excluding carboxylic acids is 2. The van der Waals surface area contributed by atoms with E-state index >= 15 is 0 Å². The minimum absolute atomic E-state index is 0.0183. The predicted octanol–water partition coefficient (Wildman–Crippen LogP) is 1.09. The molecule has 0 radical (unpaired) electrons. The molecule has 2 aromatic rings. The highest BCUT2D eigenvalue weighted by Crippen LogP contribution is 2.32. The molecule has 0 aliphatic heterocycles. The van der Waals surface area contributed by atoms with Gasteiger partial charge in [0.15, 0.2) is 0 Å². The number of hydrogen-bond donors (Lipinski definition) is 3. The highest BCUT2D eigenvalue weighted by molar-refractivity contribution is 7.80. The first-order valence-corrected chi connectivity index (χ1v) is 9.62. The van der Waals surface area contributed by atoms with Crippen LogP contribution in [0, 0.1) is 5.92 Å². The summed E-state index contributed by atoms with van der Waals surface area (Å²) in [5, 5.41) is 5.70. The summed E-state index contributed by atoms with van der Waals surface area (Å²) in [6, 6.07) is 2.99. The van der Waals surface area contributed by atoms with Gasteiger partial charge in [-0.2, -0.15) is 0 Å². The topological polar surface area (TPSA) is 149 Å². The van der Waals surface area contributed by atoms with Crippen LogP contribution in [-0.2, 0) is 20.9 Å². The van der Waals surface area contributed by atoms with Crippen molar-refractivity contribution < 1.29 is 23.2 Å². The first-order valence-electron chi connectivity index (χ1n) is 8.59. The molecule has 29 heavy (non-hydrogen) atoms. The van der Waals surface area contributed by atoms with E-state index in [1.165, 1.54) is 44.9 Å². The van der Waals surface area contributed by atoms with Gasteiger partial charge < -0.3 is 19.5 Å². The summed E-state index contributed by atoms with van der Waals surface area (Å²) >= 11 is -2.51. The number of amides is 2. The fraction of sp³-hybridized carbons (Fsp3) is 0.294. The molecule has 3 rings (SSSR count). The molecule has 1 aliphatic rings. The van der Waals surface area contributed by atoms with E-state index in [0.29, 0.717) is 11.4 Å². The van der Waals surface area contributed by atoms with Gasteiger partial charge in [0.2, 0.25) is 5.91 Å². The van der Waals surface area contributed by atoms with E-state index in [1.54, 1.807) is 0 Å². The zero-order valence-electron chi connectivity index (χ0n) is 15.7. The third kappa shape index (κ3) is 5.04. The van der Waals surface area contributed by atoms with E-state index < -0.39 is 17.2 Å². The fourth-order valence-corrected chi connectivity index (χ4v) is 2.83. The van der Waals surface area contributed by atoms with Gasteiger partial charge in [0.1, 0.15) is 5.82 Å². The number of carbonyl (C=O) groups is 2. The van der Waals surface area contributed by atoms with Crippen molar-refractivity contribution in [1.29, 1.82) is 0 Å². The maximum atomic E-state index is 12.3. The lowest BCUT2D eigenvalue weighted by molar-refractivity contribution is -0.117. The molecule has 1 atom stereocenters. The van der Waals surface area contributed by atoms with Crippen LogP contribution in [0.15, 0.2) is 30.7 Å². The van der Waals surface area contributed by atoms with Crippen molar-refractivity contribution >= 4 is 46.0 Å². The second-order valence-corrected chi connectivity index (χ2v) is 7.23. The summed E-state index contributed by atoms with van der Waals surface area (Å²) in [6.45, 7) is 0. The Hall–Kier alpha value is -3.09. The number of rotatable bonds is 8. The van der Waals surface area contributed by atoms with Crippen LogP contribution in [-0.4, -0.2) is 44.7 Å². The Balaban J connectivity index is 1.96. The van der Waals surface area contributed by atoms with E-state index in [4.69, 9.17) is 0 Å². The predicted molar refractivity (Wildman–Crippen MR) is 105 cm³/mol. The quantitative estimate of drug-likeness (QED) is 0.425. The average molecular weight is 419 g/mol. The molecule has 1 saturated carbocycles. The zero-order chi connectivity index (χ0) is 21.0. The molecule has 2 heterocycles. The molecule has 11 nitrogen and oxygen atoms in total. The number of nitrogens with one attached hydrogen (secondary N) is 3. The van der Waals surface area contributed by atoms with Crippen LogP contribution >= 0.6 is 0 Å². The standard InChI is InChI=1S/C17H20N6O5S/c1-23(29(26)27)14-5-6-18-9-13(14)20-12-7-15(21-16(24)10-3-4-10)19-8-11(12)17(25)22-28-2/h5-10H,3-4H2,1-2H3,(H,22,25)(H,26,27)(H2,19,20,21,24)/p-1. The van der Waals surface area contributed by atoms with Crippen molar-refractivity contribution in [2.45, 2.75) is 12.8 Å². The third-order valence-electron chi connectivity index (χ3n) is 4.17. The maximum absolute atomic E-state index is 12.3. The Kier molecular flexibility index (Phi) is 6.36. The number of pyridine rings is 2. The van der Waals surface area contributed by atoms with E-state index in [0.717, 1.165) is 17.1 Å². The van der Waals surface area contributed by atoms with Crippen LogP contribution in [0.2, 0.25) is 0 Å². The van der Waals surface area contributed by atoms with Crippen LogP contribution in [0.5, 0.6) is 0 Å². The van der Waals surface area contributed by atoms with Gasteiger partial charge in [-0.3, -0.25) is 23.6 Å². The van der Waals surface area contributed by atoms with Gasteiger partial charge in [0.25, 0.3) is 5.91 Å². The van der Waals surface area contributed by atoms with Crippen LogP contribution in [0.3, 0.4) is 0 Å². The Bertz CT molecular complexity index is 952. The Morgan fingerprint density at radius 1 is 1.31 bits per heavy atom. The molecule has 12 heteroatoms. The number of hydroxylamine groups is 1. The number of hydrogen-bond acceptors (Lipinski definition) is 8. The van der Waals surface area contributed by atoms with Crippen molar-refractivity contribution in [2.24, 2.45) is 5.92 Å². The number of aromatic nitrogens is 2. The van der Waals surface area contributed by atoms with Gasteiger partial charge in [0, 0.05) is 42.7 Å². The summed E-state index contributed by atoms with van der Waals surface area (Å²) in [5.41, 5.74) is 3.24. The summed E-state index contributed by atoms with van der Waals surface area (Å²) in [4.78, 5) is 37.1. The molecular weight excluding hydrogens is 400 g/mol. The van der Waals surface area contributed by atoms with Crippen LogP contribution < -0.4 is 20.4 Å². The number of nitrogens with zero attached hydrogens (tertiary/aromatic N) is 3. The van der Waals surface area contributed by atoms with E-state index in [2.05, 4.69) is 30.9 Å². The van der Waals surface area contributed by atoms with Crippen LogP contribution in [0.4, 0.5) is 22.9 Å². The summed E-state index contributed by atoms with van der Waals surface area (Å²) < 4.78 is 23.7. The summed E-state index contributed by atoms with van der Waals surface area (Å²) in [5.74, 6) is -0.477. The third-order valence-corrected chi connectivity index (χ3v) is 4.82. The van der Waals surface area contributed by atoms with Gasteiger partial charge >= 0.3 is 0 Å². The SMILES string of the molecule is CONC(=O)c1cnc(NC(=O)C2CC2)cc1Nc1cnccc1N(C)S(=O)[O-]. The molecule has 154 valence electrons. The molecule has 0 spiro atoms. The lowest BCUT2D eigenvalue weighted by Gasteiger charge is -2.24. The van der Waals surface area contributed by atoms with Crippen molar-refractivity contribution in [3.05, 3.63) is 36.3 Å². The molecule has 0 saturated heterocycles. The lowest BCUT2D eigenvalue weighted by atomic mass is 10.2. The first-order chi connectivity index (χ1) is 13.9. The van der Waals surface area contributed by atoms with Crippen molar-refractivity contribution in [3.8, 4) is 0 Å². The lowest BCUT2D eigenvalue weighted by Crippen LogP contribution is -2.24. The van der Waals surface area contributed by atoms with E-state index in [-0.39, 0.29) is 28.9 Å². The largest absolute Gasteiger partial charge is 0.755 e. The first kappa shape index (κ1) is 20.6. The Morgan fingerprint density at radius 2 is 2.07 bits per heavy atom. The molecule has 1 unspecified atom stereocenters. The Morgan fingerprint density at radius 3 is 2.72 bits per heavy atom. The van der Waals surface area contributed by atoms with Gasteiger partial charge in [-0.1, -0.05) is 0 Å². The van der Waals surface area contributed by atoms with E-state index in [1.807, 2.05) is 0 Å². The van der Waals surface area contributed by atoms with Gasteiger partial charge in [0.05, 0.1) is 35.9 Å². The molecule has 0 bridgehead atoms. The molecule has 2 amide bonds. The minimum atomic E-state index is -2.51. The van der Waals surface area contributed by atoms with Crippen molar-refractivity contribution in [2.75, 3.05) is 29.1 Å². The Labute approximate surface area is 169 Å². The second kappa shape index (κ2) is 8.94. The second-order valence-electron chi connectivity index (χ2n) is 6.25. The smallest absolute Gasteiger partial charge is 0.278 e. The van der Waals surface area contributed by atoms with Crippen molar-refractivity contribution in [3.63, 3.8) is 0 Å². The maximum Gasteiger partial charge on any atom is 0.278 e. The summed E-state index contributed by atoms with van der Waals surface area (Å²) in [7, 11) is 2.66. The monoisotopic (exact) mass is 419 g/mol. The zero-order valence-corrected chi connectivity index (χ0v) is 16.5. The molecule has 2 aromatic heterocycles. The minimum Gasteiger partial charge on any atom is -0.755 e. The normalized spacial score (nSPS) is 14.0. The highest BCUT2D eigenvalue weighted by Gasteiger charge is 2.30. The molecule has 0 aromatic carbocycles. The fourth-order valence-electron chi connectivity index (χ4n) is 2.51. The van der Waals surface area contributed by atoms with Gasteiger partial charge in [-0.15, -0.1) is 0 Å². The molecule has 1 fully saturated rings. The van der Waals surface area contributed by atoms with Gasteiger partial charge in [-0.25, -0.2) is 10.5 Å². The molecular formula is C17H19N6O5S-. The molecule has 1 aliphatic carbocycles.